The molecule has 3 heteroatoms. The molecule has 0 spiro atoms. The Morgan fingerprint density at radius 1 is 1.24 bits per heavy atom. The minimum atomic E-state index is -0.686. The van der Waals surface area contributed by atoms with Crippen LogP contribution in [0.15, 0.2) is 30.3 Å². The molecule has 0 unspecified atom stereocenters. The molecule has 0 aromatic heterocycles. The van der Waals surface area contributed by atoms with Gasteiger partial charge in [-0.15, -0.1) is 0 Å². The zero-order valence-corrected chi connectivity index (χ0v) is 12.8. The Kier molecular flexibility index (Phi) is 5.57. The summed E-state index contributed by atoms with van der Waals surface area (Å²) in [5.41, 5.74) is 1.64. The van der Waals surface area contributed by atoms with Crippen molar-refractivity contribution in [2.75, 3.05) is 6.54 Å². The van der Waals surface area contributed by atoms with Crippen molar-refractivity contribution in [2.24, 2.45) is 0 Å². The molecule has 21 heavy (non-hydrogen) atoms. The van der Waals surface area contributed by atoms with Crippen molar-refractivity contribution in [3.05, 3.63) is 41.5 Å². The van der Waals surface area contributed by atoms with Crippen LogP contribution < -0.4 is 5.32 Å². The zero-order chi connectivity index (χ0) is 15.1. The summed E-state index contributed by atoms with van der Waals surface area (Å²) in [6.07, 6.45) is 9.07. The number of aliphatic hydroxyl groups is 1. The fourth-order valence-corrected chi connectivity index (χ4v) is 2.70. The molecule has 2 rings (SSSR count). The predicted octanol–water partition coefficient (Wildman–Crippen LogP) is 3.21. The van der Waals surface area contributed by atoms with E-state index in [2.05, 4.69) is 24.4 Å². The van der Waals surface area contributed by atoms with Crippen LogP contribution in [0.3, 0.4) is 0 Å². The van der Waals surface area contributed by atoms with Crippen LogP contribution in [0.4, 0.5) is 0 Å². The molecule has 1 fully saturated rings. The number of benzene rings is 1. The first-order chi connectivity index (χ1) is 10.1. The van der Waals surface area contributed by atoms with Crippen molar-refractivity contribution < 1.29 is 9.90 Å². The number of nitrogens with one attached hydrogen (secondary N) is 1. The summed E-state index contributed by atoms with van der Waals surface area (Å²) in [6.45, 7) is 2.43. The summed E-state index contributed by atoms with van der Waals surface area (Å²) >= 11 is 0. The summed E-state index contributed by atoms with van der Waals surface area (Å²) in [7, 11) is 0. The molecule has 1 aliphatic rings. The van der Waals surface area contributed by atoms with Gasteiger partial charge in [-0.25, -0.2) is 0 Å². The van der Waals surface area contributed by atoms with Crippen LogP contribution in [-0.4, -0.2) is 23.2 Å². The van der Waals surface area contributed by atoms with Crippen LogP contribution in [0.5, 0.6) is 0 Å². The molecule has 1 aromatic rings. The average molecular weight is 287 g/mol. The number of carbonyl (C=O) groups excluding carboxylic acids is 1. The monoisotopic (exact) mass is 287 g/mol. The van der Waals surface area contributed by atoms with Crippen LogP contribution in [-0.2, 0) is 4.79 Å². The van der Waals surface area contributed by atoms with Gasteiger partial charge in [0, 0.05) is 13.0 Å². The maximum atomic E-state index is 11.8. The lowest BCUT2D eigenvalue weighted by atomic mass is 9.85. The average Bonchev–Trinajstić information content (AvgIpc) is 2.48. The van der Waals surface area contributed by atoms with E-state index in [0.717, 1.165) is 31.2 Å². The maximum Gasteiger partial charge on any atom is 0.223 e. The summed E-state index contributed by atoms with van der Waals surface area (Å²) in [6, 6.07) is 8.18. The molecule has 0 aliphatic heterocycles. The summed E-state index contributed by atoms with van der Waals surface area (Å²) in [5.74, 6) is -0.0302. The molecule has 0 bridgehead atoms. The van der Waals surface area contributed by atoms with E-state index >= 15 is 0 Å². The number of hydrogen-bond acceptors (Lipinski definition) is 2. The Morgan fingerprint density at radius 3 is 2.57 bits per heavy atom. The first kappa shape index (κ1) is 15.8. The highest BCUT2D eigenvalue weighted by molar-refractivity contribution is 5.78. The molecule has 114 valence electrons. The van der Waals surface area contributed by atoms with E-state index in [1.807, 2.05) is 24.3 Å². The van der Waals surface area contributed by atoms with Crippen LogP contribution in [0.1, 0.15) is 49.7 Å². The molecule has 3 nitrogen and oxygen atoms in total. The van der Waals surface area contributed by atoms with Crippen LogP contribution in [0, 0.1) is 6.92 Å². The predicted molar refractivity (Wildman–Crippen MR) is 85.9 cm³/mol. The third-order valence-electron chi connectivity index (χ3n) is 4.09. The highest BCUT2D eigenvalue weighted by Crippen LogP contribution is 2.27. The smallest absolute Gasteiger partial charge is 0.223 e. The molecule has 0 heterocycles. The van der Waals surface area contributed by atoms with E-state index in [0.29, 0.717) is 13.0 Å². The number of aryl methyl sites for hydroxylation is 1. The number of rotatable bonds is 5. The third-order valence-corrected chi connectivity index (χ3v) is 4.09. The molecule has 1 amide bonds. The first-order valence-corrected chi connectivity index (χ1v) is 7.80. The molecule has 2 N–H and O–H groups in total. The van der Waals surface area contributed by atoms with Gasteiger partial charge in [0.1, 0.15) is 0 Å². The Labute approximate surface area is 127 Å². The van der Waals surface area contributed by atoms with Gasteiger partial charge in [-0.2, -0.15) is 0 Å². The topological polar surface area (TPSA) is 49.3 Å². The van der Waals surface area contributed by atoms with Crippen molar-refractivity contribution >= 4 is 12.0 Å². The van der Waals surface area contributed by atoms with E-state index in [4.69, 9.17) is 0 Å². The Hall–Kier alpha value is -1.61. The van der Waals surface area contributed by atoms with Gasteiger partial charge < -0.3 is 10.4 Å². The van der Waals surface area contributed by atoms with Gasteiger partial charge in [0.05, 0.1) is 5.60 Å². The second kappa shape index (κ2) is 7.41. The maximum absolute atomic E-state index is 11.8. The number of hydrogen-bond donors (Lipinski definition) is 2. The van der Waals surface area contributed by atoms with E-state index in [1.165, 1.54) is 12.0 Å². The van der Waals surface area contributed by atoms with Gasteiger partial charge in [-0.3, -0.25) is 4.79 Å². The fraction of sp³-hybridized carbons (Fsp3) is 0.500. The quantitative estimate of drug-likeness (QED) is 0.873. The van der Waals surface area contributed by atoms with Gasteiger partial charge in [0.25, 0.3) is 0 Å². The molecule has 1 aliphatic carbocycles. The summed E-state index contributed by atoms with van der Waals surface area (Å²) in [5, 5.41) is 13.2. The lowest BCUT2D eigenvalue weighted by Crippen LogP contribution is -2.44. The largest absolute Gasteiger partial charge is 0.388 e. The van der Waals surface area contributed by atoms with E-state index in [9.17, 15) is 9.90 Å². The minimum Gasteiger partial charge on any atom is -0.388 e. The fourth-order valence-electron chi connectivity index (χ4n) is 2.70. The van der Waals surface area contributed by atoms with Gasteiger partial charge in [-0.1, -0.05) is 61.2 Å². The van der Waals surface area contributed by atoms with Crippen molar-refractivity contribution in [1.82, 2.24) is 5.32 Å². The Balaban J connectivity index is 1.73. The second-order valence-electron chi connectivity index (χ2n) is 6.08. The van der Waals surface area contributed by atoms with Crippen LogP contribution in [0.2, 0.25) is 0 Å². The molecule has 0 saturated heterocycles. The highest BCUT2D eigenvalue weighted by Gasteiger charge is 2.29. The molecular weight excluding hydrogens is 262 g/mol. The molecule has 1 saturated carbocycles. The van der Waals surface area contributed by atoms with Gasteiger partial charge in [0.15, 0.2) is 0 Å². The number of carbonyl (C=O) groups is 1. The lowest BCUT2D eigenvalue weighted by molar-refractivity contribution is -0.121. The normalized spacial score (nSPS) is 17.8. The van der Waals surface area contributed by atoms with Crippen molar-refractivity contribution in [3.63, 3.8) is 0 Å². The highest BCUT2D eigenvalue weighted by atomic mass is 16.3. The van der Waals surface area contributed by atoms with E-state index < -0.39 is 5.60 Å². The third kappa shape index (κ3) is 5.35. The van der Waals surface area contributed by atoms with Crippen molar-refractivity contribution in [3.8, 4) is 0 Å². The molecule has 0 atom stereocenters. The minimum absolute atomic E-state index is 0.0302. The van der Waals surface area contributed by atoms with Gasteiger partial charge in [-0.05, 0) is 25.3 Å². The first-order valence-electron chi connectivity index (χ1n) is 7.80. The standard InChI is InChI=1S/C18H25NO2/c1-15-8-10-16(11-9-15)6-5-7-17(20)19-14-18(21)12-3-2-4-13-18/h5-6,8-11,21H,2-4,7,12-14H2,1H3,(H,19,20)/b6-5+. The zero-order valence-electron chi connectivity index (χ0n) is 12.8. The molecule has 1 aromatic carbocycles. The lowest BCUT2D eigenvalue weighted by Gasteiger charge is -2.32. The number of amides is 1. The van der Waals surface area contributed by atoms with Crippen LogP contribution in [0.25, 0.3) is 6.08 Å². The van der Waals surface area contributed by atoms with Crippen LogP contribution >= 0.6 is 0 Å². The summed E-state index contributed by atoms with van der Waals surface area (Å²) < 4.78 is 0. The van der Waals surface area contributed by atoms with E-state index in [-0.39, 0.29) is 5.91 Å². The van der Waals surface area contributed by atoms with Gasteiger partial charge in [0.2, 0.25) is 5.91 Å². The molecule has 0 radical (unpaired) electrons. The summed E-state index contributed by atoms with van der Waals surface area (Å²) in [4.78, 5) is 11.8. The van der Waals surface area contributed by atoms with Crippen molar-refractivity contribution in [2.45, 2.75) is 51.0 Å². The van der Waals surface area contributed by atoms with Gasteiger partial charge >= 0.3 is 0 Å². The van der Waals surface area contributed by atoms with E-state index in [1.54, 1.807) is 0 Å². The second-order valence-corrected chi connectivity index (χ2v) is 6.08. The Morgan fingerprint density at radius 2 is 1.90 bits per heavy atom. The SMILES string of the molecule is Cc1ccc(/C=C/CC(=O)NCC2(O)CCCCC2)cc1. The van der Waals surface area contributed by atoms with Crippen molar-refractivity contribution in [1.29, 1.82) is 0 Å². The Bertz CT molecular complexity index is 484. The molecular formula is C18H25NO2.